The summed E-state index contributed by atoms with van der Waals surface area (Å²) in [4.78, 5) is 20.9. The van der Waals surface area contributed by atoms with Gasteiger partial charge in [-0.15, -0.1) is 11.3 Å². The summed E-state index contributed by atoms with van der Waals surface area (Å²) in [5.41, 5.74) is 1.66. The van der Waals surface area contributed by atoms with Crippen molar-refractivity contribution in [3.8, 4) is 0 Å². The SMILES string of the molecule is Cc1nc(CN2CCN(C(=O)Nc3ccc(F)cc3Br)CC2)cs1. The van der Waals surface area contributed by atoms with Crippen LogP contribution >= 0.6 is 27.3 Å². The zero-order chi connectivity index (χ0) is 17.1. The summed E-state index contributed by atoms with van der Waals surface area (Å²) in [6.45, 7) is 5.78. The van der Waals surface area contributed by atoms with E-state index in [-0.39, 0.29) is 11.8 Å². The molecule has 0 atom stereocenters. The second-order valence-electron chi connectivity index (χ2n) is 5.68. The second-order valence-corrected chi connectivity index (χ2v) is 7.59. The van der Waals surface area contributed by atoms with E-state index in [1.807, 2.05) is 6.92 Å². The lowest BCUT2D eigenvalue weighted by atomic mass is 10.3. The van der Waals surface area contributed by atoms with Gasteiger partial charge in [0.1, 0.15) is 5.82 Å². The van der Waals surface area contributed by atoms with Crippen LogP contribution in [0.4, 0.5) is 14.9 Å². The zero-order valence-electron chi connectivity index (χ0n) is 13.3. The van der Waals surface area contributed by atoms with Crippen LogP contribution in [0.15, 0.2) is 28.1 Å². The number of thiazole rings is 1. The highest BCUT2D eigenvalue weighted by Gasteiger charge is 2.22. The van der Waals surface area contributed by atoms with E-state index in [1.54, 1.807) is 22.3 Å². The van der Waals surface area contributed by atoms with Gasteiger partial charge < -0.3 is 10.2 Å². The molecule has 1 N–H and O–H groups in total. The number of carbonyl (C=O) groups is 1. The molecule has 0 saturated carbocycles. The quantitative estimate of drug-likeness (QED) is 0.835. The number of piperazine rings is 1. The van der Waals surface area contributed by atoms with Crippen LogP contribution in [-0.4, -0.2) is 47.0 Å². The number of benzene rings is 1. The fourth-order valence-corrected chi connectivity index (χ4v) is 3.66. The minimum absolute atomic E-state index is 0.161. The fraction of sp³-hybridized carbons (Fsp3) is 0.375. The third-order valence-electron chi connectivity index (χ3n) is 3.88. The van der Waals surface area contributed by atoms with Crippen molar-refractivity contribution in [2.45, 2.75) is 13.5 Å². The molecule has 0 unspecified atom stereocenters. The fourth-order valence-electron chi connectivity index (χ4n) is 2.60. The molecule has 0 spiro atoms. The summed E-state index contributed by atoms with van der Waals surface area (Å²) in [6, 6.07) is 4.06. The van der Waals surface area contributed by atoms with Crippen LogP contribution in [0, 0.1) is 12.7 Å². The first-order valence-corrected chi connectivity index (χ1v) is 9.33. The van der Waals surface area contributed by atoms with E-state index >= 15 is 0 Å². The van der Waals surface area contributed by atoms with E-state index in [1.165, 1.54) is 12.1 Å². The number of carbonyl (C=O) groups excluding carboxylic acids is 1. The first-order chi connectivity index (χ1) is 11.5. The van der Waals surface area contributed by atoms with Crippen LogP contribution in [0.1, 0.15) is 10.7 Å². The Morgan fingerprint density at radius 1 is 1.38 bits per heavy atom. The third-order valence-corrected chi connectivity index (χ3v) is 5.36. The van der Waals surface area contributed by atoms with Gasteiger partial charge in [-0.2, -0.15) is 0 Å². The lowest BCUT2D eigenvalue weighted by molar-refractivity contribution is 0.142. The van der Waals surface area contributed by atoms with Crippen LogP contribution in [0.2, 0.25) is 0 Å². The number of hydrogen-bond donors (Lipinski definition) is 1. The molecule has 1 aromatic heterocycles. The van der Waals surface area contributed by atoms with Crippen molar-refractivity contribution in [3.63, 3.8) is 0 Å². The summed E-state index contributed by atoms with van der Waals surface area (Å²) < 4.78 is 13.6. The first-order valence-electron chi connectivity index (χ1n) is 7.65. The van der Waals surface area contributed by atoms with E-state index in [4.69, 9.17) is 0 Å². The summed E-state index contributed by atoms with van der Waals surface area (Å²) in [7, 11) is 0. The number of aromatic nitrogens is 1. The molecule has 24 heavy (non-hydrogen) atoms. The topological polar surface area (TPSA) is 48.5 Å². The predicted molar refractivity (Wildman–Crippen MR) is 96.8 cm³/mol. The van der Waals surface area contributed by atoms with Crippen molar-refractivity contribution in [2.24, 2.45) is 0 Å². The molecule has 1 aliphatic heterocycles. The molecule has 5 nitrogen and oxygen atoms in total. The summed E-state index contributed by atoms with van der Waals surface area (Å²) >= 11 is 4.92. The maximum Gasteiger partial charge on any atom is 0.321 e. The van der Waals surface area contributed by atoms with Crippen LogP contribution in [0.25, 0.3) is 0 Å². The molecular weight excluding hydrogens is 395 g/mol. The van der Waals surface area contributed by atoms with Crippen molar-refractivity contribution in [1.82, 2.24) is 14.8 Å². The Morgan fingerprint density at radius 2 is 2.12 bits per heavy atom. The average molecular weight is 413 g/mol. The molecule has 1 aliphatic rings. The number of rotatable bonds is 3. The van der Waals surface area contributed by atoms with Crippen LogP contribution in [0.3, 0.4) is 0 Å². The van der Waals surface area contributed by atoms with Gasteiger partial charge in [0, 0.05) is 42.6 Å². The highest BCUT2D eigenvalue weighted by atomic mass is 79.9. The Balaban J connectivity index is 1.51. The molecule has 0 bridgehead atoms. The van der Waals surface area contributed by atoms with Crippen molar-refractivity contribution < 1.29 is 9.18 Å². The largest absolute Gasteiger partial charge is 0.322 e. The highest BCUT2D eigenvalue weighted by Crippen LogP contribution is 2.23. The molecule has 128 valence electrons. The van der Waals surface area contributed by atoms with Gasteiger partial charge >= 0.3 is 6.03 Å². The molecule has 8 heteroatoms. The number of urea groups is 1. The minimum atomic E-state index is -0.342. The molecule has 2 heterocycles. The standard InChI is InChI=1S/C16H18BrFN4OS/c1-11-19-13(10-24-11)9-21-4-6-22(7-5-21)16(23)20-15-3-2-12(18)8-14(15)17/h2-3,8,10H,4-7,9H2,1H3,(H,20,23). The Bertz CT molecular complexity index is 731. The van der Waals surface area contributed by atoms with Crippen molar-refractivity contribution in [3.05, 3.63) is 44.6 Å². The maximum absolute atomic E-state index is 13.1. The van der Waals surface area contributed by atoms with E-state index in [9.17, 15) is 9.18 Å². The molecule has 0 radical (unpaired) electrons. The van der Waals surface area contributed by atoms with Crippen molar-refractivity contribution in [1.29, 1.82) is 0 Å². The van der Waals surface area contributed by atoms with Gasteiger partial charge in [-0.05, 0) is 41.1 Å². The number of amides is 2. The van der Waals surface area contributed by atoms with E-state index in [0.717, 1.165) is 30.3 Å². The first kappa shape index (κ1) is 17.3. The maximum atomic E-state index is 13.1. The Kier molecular flexibility index (Phi) is 5.47. The zero-order valence-corrected chi connectivity index (χ0v) is 15.7. The van der Waals surface area contributed by atoms with Gasteiger partial charge in [0.15, 0.2) is 0 Å². The monoisotopic (exact) mass is 412 g/mol. The number of hydrogen-bond acceptors (Lipinski definition) is 4. The molecule has 1 aromatic carbocycles. The Morgan fingerprint density at radius 3 is 2.75 bits per heavy atom. The highest BCUT2D eigenvalue weighted by molar-refractivity contribution is 9.10. The molecule has 2 aromatic rings. The molecule has 3 rings (SSSR count). The normalized spacial score (nSPS) is 15.5. The Hall–Kier alpha value is -1.51. The second kappa shape index (κ2) is 7.58. The van der Waals surface area contributed by atoms with Gasteiger partial charge in [-0.1, -0.05) is 0 Å². The number of nitrogens with one attached hydrogen (secondary N) is 1. The van der Waals surface area contributed by atoms with E-state index in [0.29, 0.717) is 23.2 Å². The number of aryl methyl sites for hydroxylation is 1. The summed E-state index contributed by atoms with van der Waals surface area (Å²) in [5, 5.41) is 5.98. The lowest BCUT2D eigenvalue weighted by Gasteiger charge is -2.34. The van der Waals surface area contributed by atoms with E-state index < -0.39 is 0 Å². The molecule has 0 aliphatic carbocycles. The van der Waals surface area contributed by atoms with E-state index in [2.05, 4.69) is 36.5 Å². The third kappa shape index (κ3) is 4.31. The molecular formula is C16H18BrFN4OS. The number of anilines is 1. The van der Waals surface area contributed by atoms with Crippen molar-refractivity contribution in [2.75, 3.05) is 31.5 Å². The average Bonchev–Trinajstić information content (AvgIpc) is 2.96. The number of halogens is 2. The van der Waals surface area contributed by atoms with Gasteiger partial charge in [0.2, 0.25) is 0 Å². The smallest absolute Gasteiger partial charge is 0.321 e. The van der Waals surface area contributed by atoms with Gasteiger partial charge in [0.25, 0.3) is 0 Å². The predicted octanol–water partition coefficient (Wildman–Crippen LogP) is 3.70. The molecule has 2 amide bonds. The van der Waals surface area contributed by atoms with Crippen LogP contribution in [0.5, 0.6) is 0 Å². The van der Waals surface area contributed by atoms with Crippen LogP contribution in [-0.2, 0) is 6.54 Å². The van der Waals surface area contributed by atoms with Crippen molar-refractivity contribution >= 4 is 39.0 Å². The van der Waals surface area contributed by atoms with Gasteiger partial charge in [-0.3, -0.25) is 4.90 Å². The summed E-state index contributed by atoms with van der Waals surface area (Å²) in [6.07, 6.45) is 0. The van der Waals surface area contributed by atoms with Gasteiger partial charge in [-0.25, -0.2) is 14.2 Å². The molecule has 1 saturated heterocycles. The van der Waals surface area contributed by atoms with Crippen LogP contribution < -0.4 is 5.32 Å². The molecule has 1 fully saturated rings. The van der Waals surface area contributed by atoms with Gasteiger partial charge in [0.05, 0.1) is 16.4 Å². The minimum Gasteiger partial charge on any atom is -0.322 e. The lowest BCUT2D eigenvalue weighted by Crippen LogP contribution is -2.49. The summed E-state index contributed by atoms with van der Waals surface area (Å²) in [5.74, 6) is -0.342. The number of nitrogens with zero attached hydrogens (tertiary/aromatic N) is 3. The Labute approximate surface area is 152 Å².